The van der Waals surface area contributed by atoms with Crippen LogP contribution in [0.25, 0.3) is 0 Å². The molecule has 1 N–H and O–H groups in total. The maximum atomic E-state index is 11.9. The number of benzene rings is 1. The third-order valence-corrected chi connectivity index (χ3v) is 4.03. The van der Waals surface area contributed by atoms with E-state index in [1.807, 2.05) is 45.0 Å². The van der Waals surface area contributed by atoms with E-state index in [4.69, 9.17) is 0 Å². The Bertz CT molecular complexity index is 452. The van der Waals surface area contributed by atoms with E-state index < -0.39 is 9.84 Å². The van der Waals surface area contributed by atoms with E-state index in [0.717, 1.165) is 11.1 Å². The maximum Gasteiger partial charge on any atom is 0.155 e. The standard InChI is InChI=1S/C13H21NO2S/c1-11(2)14-7-8-17(15,16)10-13-6-4-5-12(3)9-13/h4-6,9,11,14H,7-8,10H2,1-3H3. The van der Waals surface area contributed by atoms with Gasteiger partial charge in [0.05, 0.1) is 11.5 Å². The van der Waals surface area contributed by atoms with Crippen LogP contribution < -0.4 is 5.32 Å². The summed E-state index contributed by atoms with van der Waals surface area (Å²) in [6.07, 6.45) is 0. The second-order valence-corrected chi connectivity index (χ2v) is 6.87. The van der Waals surface area contributed by atoms with Crippen molar-refractivity contribution < 1.29 is 8.42 Å². The van der Waals surface area contributed by atoms with Crippen molar-refractivity contribution in [3.8, 4) is 0 Å². The number of hydrogen-bond acceptors (Lipinski definition) is 3. The minimum atomic E-state index is -3.01. The zero-order valence-corrected chi connectivity index (χ0v) is 11.5. The molecule has 0 fully saturated rings. The van der Waals surface area contributed by atoms with E-state index in [1.165, 1.54) is 0 Å². The van der Waals surface area contributed by atoms with Gasteiger partial charge in [0.2, 0.25) is 0 Å². The molecular formula is C13H21NO2S. The zero-order chi connectivity index (χ0) is 12.9. The van der Waals surface area contributed by atoms with Gasteiger partial charge < -0.3 is 5.32 Å². The van der Waals surface area contributed by atoms with Crippen molar-refractivity contribution in [3.63, 3.8) is 0 Å². The van der Waals surface area contributed by atoms with Crippen LogP contribution >= 0.6 is 0 Å². The highest BCUT2D eigenvalue weighted by molar-refractivity contribution is 7.90. The predicted molar refractivity (Wildman–Crippen MR) is 71.8 cm³/mol. The summed E-state index contributed by atoms with van der Waals surface area (Å²) in [5.74, 6) is 0.327. The molecule has 1 aromatic carbocycles. The summed E-state index contributed by atoms with van der Waals surface area (Å²) in [5, 5.41) is 3.12. The number of sulfone groups is 1. The normalized spacial score (nSPS) is 12.0. The van der Waals surface area contributed by atoms with Gasteiger partial charge in [-0.1, -0.05) is 43.7 Å². The fourth-order valence-electron chi connectivity index (χ4n) is 1.63. The van der Waals surface area contributed by atoms with Crippen molar-refractivity contribution in [2.75, 3.05) is 12.3 Å². The first-order valence-electron chi connectivity index (χ1n) is 5.88. The topological polar surface area (TPSA) is 46.2 Å². The fourth-order valence-corrected chi connectivity index (χ4v) is 2.89. The van der Waals surface area contributed by atoms with Gasteiger partial charge in [0.15, 0.2) is 9.84 Å². The molecular weight excluding hydrogens is 234 g/mol. The molecule has 0 aromatic heterocycles. The molecule has 0 saturated heterocycles. The van der Waals surface area contributed by atoms with Crippen LogP contribution in [0, 0.1) is 6.92 Å². The molecule has 0 unspecified atom stereocenters. The van der Waals surface area contributed by atoms with E-state index in [2.05, 4.69) is 5.32 Å². The first kappa shape index (κ1) is 14.2. The first-order chi connectivity index (χ1) is 7.89. The van der Waals surface area contributed by atoms with Gasteiger partial charge in [0.25, 0.3) is 0 Å². The lowest BCUT2D eigenvalue weighted by Crippen LogP contribution is -2.29. The maximum absolute atomic E-state index is 11.9. The molecule has 0 atom stereocenters. The van der Waals surface area contributed by atoms with Crippen LogP contribution in [0.2, 0.25) is 0 Å². The summed E-state index contributed by atoms with van der Waals surface area (Å²) in [7, 11) is -3.01. The molecule has 0 aliphatic carbocycles. The van der Waals surface area contributed by atoms with Crippen LogP contribution in [-0.2, 0) is 15.6 Å². The van der Waals surface area contributed by atoms with E-state index in [0.29, 0.717) is 12.6 Å². The average Bonchev–Trinajstić information content (AvgIpc) is 2.15. The van der Waals surface area contributed by atoms with Crippen molar-refractivity contribution in [1.82, 2.24) is 5.32 Å². The Kier molecular flexibility index (Phi) is 5.15. The van der Waals surface area contributed by atoms with E-state index in [-0.39, 0.29) is 11.5 Å². The molecule has 3 nitrogen and oxygen atoms in total. The fraction of sp³-hybridized carbons (Fsp3) is 0.538. The molecule has 0 heterocycles. The summed E-state index contributed by atoms with van der Waals surface area (Å²) in [5.41, 5.74) is 1.97. The SMILES string of the molecule is Cc1cccc(CS(=O)(=O)CCNC(C)C)c1. The molecule has 0 bridgehead atoms. The van der Waals surface area contributed by atoms with Gasteiger partial charge in [0, 0.05) is 12.6 Å². The molecule has 96 valence electrons. The highest BCUT2D eigenvalue weighted by Gasteiger charge is 2.11. The minimum Gasteiger partial charge on any atom is -0.314 e. The summed E-state index contributed by atoms with van der Waals surface area (Å²) in [6.45, 7) is 6.50. The summed E-state index contributed by atoms with van der Waals surface area (Å²) in [4.78, 5) is 0. The highest BCUT2D eigenvalue weighted by Crippen LogP contribution is 2.08. The van der Waals surface area contributed by atoms with Gasteiger partial charge >= 0.3 is 0 Å². The van der Waals surface area contributed by atoms with Gasteiger partial charge in [-0.25, -0.2) is 8.42 Å². The van der Waals surface area contributed by atoms with Crippen molar-refractivity contribution in [2.24, 2.45) is 0 Å². The average molecular weight is 255 g/mol. The lowest BCUT2D eigenvalue weighted by molar-refractivity contribution is 0.577. The molecule has 0 aliphatic heterocycles. The van der Waals surface area contributed by atoms with Crippen LogP contribution in [0.1, 0.15) is 25.0 Å². The van der Waals surface area contributed by atoms with Crippen LogP contribution in [0.15, 0.2) is 24.3 Å². The van der Waals surface area contributed by atoms with Gasteiger partial charge in [-0.2, -0.15) is 0 Å². The summed E-state index contributed by atoms with van der Waals surface area (Å²) < 4.78 is 23.7. The monoisotopic (exact) mass is 255 g/mol. The molecule has 0 radical (unpaired) electrons. The second kappa shape index (κ2) is 6.17. The third-order valence-electron chi connectivity index (χ3n) is 2.43. The number of nitrogens with one attached hydrogen (secondary N) is 1. The van der Waals surface area contributed by atoms with Crippen molar-refractivity contribution >= 4 is 9.84 Å². The van der Waals surface area contributed by atoms with Crippen LogP contribution in [0.5, 0.6) is 0 Å². The minimum absolute atomic E-state index is 0.133. The zero-order valence-electron chi connectivity index (χ0n) is 10.7. The Morgan fingerprint density at radius 3 is 2.59 bits per heavy atom. The van der Waals surface area contributed by atoms with Gasteiger partial charge in [-0.3, -0.25) is 0 Å². The lowest BCUT2D eigenvalue weighted by atomic mass is 10.2. The molecule has 17 heavy (non-hydrogen) atoms. The Morgan fingerprint density at radius 2 is 2.00 bits per heavy atom. The first-order valence-corrected chi connectivity index (χ1v) is 7.70. The van der Waals surface area contributed by atoms with Gasteiger partial charge in [0.1, 0.15) is 0 Å². The number of aryl methyl sites for hydroxylation is 1. The van der Waals surface area contributed by atoms with Crippen LogP contribution in [0.3, 0.4) is 0 Å². The van der Waals surface area contributed by atoms with E-state index in [1.54, 1.807) is 0 Å². The van der Waals surface area contributed by atoms with Crippen LogP contribution in [-0.4, -0.2) is 26.8 Å². The van der Waals surface area contributed by atoms with E-state index >= 15 is 0 Å². The van der Waals surface area contributed by atoms with Crippen molar-refractivity contribution in [2.45, 2.75) is 32.6 Å². The molecule has 0 aliphatic rings. The molecule has 1 aromatic rings. The largest absolute Gasteiger partial charge is 0.314 e. The molecule has 0 amide bonds. The molecule has 4 heteroatoms. The Balaban J connectivity index is 2.55. The van der Waals surface area contributed by atoms with Gasteiger partial charge in [-0.05, 0) is 12.5 Å². The summed E-state index contributed by atoms with van der Waals surface area (Å²) in [6, 6.07) is 7.97. The Labute approximate surface area is 104 Å². The third kappa shape index (κ3) is 5.84. The van der Waals surface area contributed by atoms with Crippen molar-refractivity contribution in [3.05, 3.63) is 35.4 Å². The quantitative estimate of drug-likeness (QED) is 0.844. The van der Waals surface area contributed by atoms with Crippen molar-refractivity contribution in [1.29, 1.82) is 0 Å². The van der Waals surface area contributed by atoms with E-state index in [9.17, 15) is 8.42 Å². The predicted octanol–water partition coefficient (Wildman–Crippen LogP) is 1.91. The highest BCUT2D eigenvalue weighted by atomic mass is 32.2. The van der Waals surface area contributed by atoms with Crippen LogP contribution in [0.4, 0.5) is 0 Å². The van der Waals surface area contributed by atoms with Gasteiger partial charge in [-0.15, -0.1) is 0 Å². The molecule has 0 spiro atoms. The molecule has 0 saturated carbocycles. The lowest BCUT2D eigenvalue weighted by Gasteiger charge is -2.09. The number of hydrogen-bond donors (Lipinski definition) is 1. The molecule has 1 rings (SSSR count). The number of rotatable bonds is 6. The summed E-state index contributed by atoms with van der Waals surface area (Å²) >= 11 is 0. The Morgan fingerprint density at radius 1 is 1.29 bits per heavy atom. The smallest absolute Gasteiger partial charge is 0.155 e. The Hall–Kier alpha value is -0.870. The second-order valence-electron chi connectivity index (χ2n) is 4.69.